The van der Waals surface area contributed by atoms with Crippen molar-refractivity contribution in [1.82, 2.24) is 0 Å². The molecule has 0 fully saturated rings. The maximum atomic E-state index is 13.7. The summed E-state index contributed by atoms with van der Waals surface area (Å²) >= 11 is 0. The molecule has 1 rings (SSSR count). The van der Waals surface area contributed by atoms with Gasteiger partial charge in [0.1, 0.15) is 11.5 Å². The van der Waals surface area contributed by atoms with Crippen LogP contribution in [0.4, 0.5) is 14.5 Å². The summed E-state index contributed by atoms with van der Waals surface area (Å²) < 4.78 is 27.2. The summed E-state index contributed by atoms with van der Waals surface area (Å²) in [7, 11) is 0. The van der Waals surface area contributed by atoms with Gasteiger partial charge in [-0.2, -0.15) is 0 Å². The predicted molar refractivity (Wildman–Crippen MR) is 68.3 cm³/mol. The lowest BCUT2D eigenvalue weighted by Gasteiger charge is -2.17. The van der Waals surface area contributed by atoms with Crippen molar-refractivity contribution in [1.29, 1.82) is 0 Å². The second-order valence-corrected chi connectivity index (χ2v) is 4.59. The Labute approximate surface area is 102 Å². The predicted octanol–water partition coefficient (Wildman–Crippen LogP) is 4.65. The third-order valence-corrected chi connectivity index (χ3v) is 2.92. The van der Waals surface area contributed by atoms with E-state index in [2.05, 4.69) is 12.2 Å². The highest BCUT2D eigenvalue weighted by atomic mass is 19.1. The number of halogens is 2. The molecule has 1 aromatic rings. The molecule has 1 nitrogen and oxygen atoms in total. The lowest BCUT2D eigenvalue weighted by Crippen LogP contribution is -2.17. The number of benzene rings is 1. The summed E-state index contributed by atoms with van der Waals surface area (Å²) in [6, 6.07) is 2.85. The van der Waals surface area contributed by atoms with Gasteiger partial charge >= 0.3 is 0 Å². The highest BCUT2D eigenvalue weighted by Crippen LogP contribution is 2.23. The molecule has 0 aromatic heterocycles. The lowest BCUT2D eigenvalue weighted by atomic mass is 10.1. The Bertz CT molecular complexity index is 363. The van der Waals surface area contributed by atoms with Gasteiger partial charge in [0, 0.05) is 6.04 Å². The zero-order valence-corrected chi connectivity index (χ0v) is 10.8. The van der Waals surface area contributed by atoms with Gasteiger partial charge in [0.05, 0.1) is 0 Å². The second kappa shape index (κ2) is 6.58. The Morgan fingerprint density at radius 2 is 1.94 bits per heavy atom. The molecule has 1 aromatic carbocycles. The fraction of sp³-hybridized carbons (Fsp3) is 0.571. The standard InChI is InChI=1S/C14H21F2N/c1-4-5-6-7-11(3)17-14-12(15)9-8-10(2)13(14)16/h8-9,11,17H,4-7H2,1-3H3. The Hall–Kier alpha value is -1.12. The molecule has 0 amide bonds. The summed E-state index contributed by atoms with van der Waals surface area (Å²) in [5.41, 5.74) is 0.476. The van der Waals surface area contributed by atoms with Gasteiger partial charge in [-0.1, -0.05) is 32.3 Å². The topological polar surface area (TPSA) is 12.0 Å². The smallest absolute Gasteiger partial charge is 0.152 e. The van der Waals surface area contributed by atoms with Gasteiger partial charge in [0.2, 0.25) is 0 Å². The van der Waals surface area contributed by atoms with Crippen LogP contribution in [0.5, 0.6) is 0 Å². The summed E-state index contributed by atoms with van der Waals surface area (Å²) in [6.45, 7) is 5.73. The van der Waals surface area contributed by atoms with Crippen LogP contribution in [0, 0.1) is 18.6 Å². The minimum atomic E-state index is -0.518. The van der Waals surface area contributed by atoms with E-state index in [4.69, 9.17) is 0 Å². The quantitative estimate of drug-likeness (QED) is 0.714. The van der Waals surface area contributed by atoms with Gasteiger partial charge < -0.3 is 5.32 Å². The van der Waals surface area contributed by atoms with E-state index in [1.54, 1.807) is 6.92 Å². The molecule has 1 atom stereocenters. The average molecular weight is 241 g/mol. The van der Waals surface area contributed by atoms with Crippen LogP contribution in [0.15, 0.2) is 12.1 Å². The molecule has 0 aliphatic heterocycles. The van der Waals surface area contributed by atoms with Crippen LogP contribution in [0.1, 0.15) is 45.1 Å². The number of anilines is 1. The highest BCUT2D eigenvalue weighted by Gasteiger charge is 2.13. The molecule has 0 bridgehead atoms. The summed E-state index contributed by atoms with van der Waals surface area (Å²) in [4.78, 5) is 0. The molecule has 0 radical (unpaired) electrons. The minimum Gasteiger partial charge on any atom is -0.378 e. The third kappa shape index (κ3) is 3.99. The van der Waals surface area contributed by atoms with E-state index in [0.717, 1.165) is 25.7 Å². The minimum absolute atomic E-state index is 0.00833. The number of aryl methyl sites for hydroxylation is 1. The summed E-state index contributed by atoms with van der Waals surface area (Å²) in [5.74, 6) is -0.997. The first-order chi connectivity index (χ1) is 8.06. The van der Waals surface area contributed by atoms with Gasteiger partial charge in [0.25, 0.3) is 0 Å². The molecule has 1 unspecified atom stereocenters. The molecule has 3 heteroatoms. The van der Waals surface area contributed by atoms with E-state index in [1.807, 2.05) is 6.92 Å². The molecule has 1 N–H and O–H groups in total. The molecular weight excluding hydrogens is 220 g/mol. The van der Waals surface area contributed by atoms with Crippen LogP contribution in [0.25, 0.3) is 0 Å². The van der Waals surface area contributed by atoms with E-state index in [9.17, 15) is 8.78 Å². The Morgan fingerprint density at radius 3 is 2.59 bits per heavy atom. The van der Waals surface area contributed by atoms with Gasteiger partial charge in [-0.25, -0.2) is 8.78 Å². The lowest BCUT2D eigenvalue weighted by molar-refractivity contribution is 0.566. The van der Waals surface area contributed by atoms with Gasteiger partial charge in [-0.05, 0) is 31.9 Å². The maximum Gasteiger partial charge on any atom is 0.152 e. The Balaban J connectivity index is 2.64. The molecule has 96 valence electrons. The highest BCUT2D eigenvalue weighted by molar-refractivity contribution is 5.49. The Morgan fingerprint density at radius 1 is 1.24 bits per heavy atom. The first kappa shape index (κ1) is 13.9. The van der Waals surface area contributed by atoms with Crippen LogP contribution in [0.2, 0.25) is 0 Å². The fourth-order valence-electron chi connectivity index (χ4n) is 1.81. The van der Waals surface area contributed by atoms with Crippen molar-refractivity contribution in [3.8, 4) is 0 Å². The van der Waals surface area contributed by atoms with Crippen LogP contribution in [-0.2, 0) is 0 Å². The van der Waals surface area contributed by atoms with Gasteiger partial charge in [-0.15, -0.1) is 0 Å². The number of hydrogen-bond donors (Lipinski definition) is 1. The summed E-state index contributed by atoms with van der Waals surface area (Å²) in [6.07, 6.45) is 4.32. The van der Waals surface area contributed by atoms with E-state index >= 15 is 0 Å². The number of unbranched alkanes of at least 4 members (excludes halogenated alkanes) is 2. The molecule has 0 heterocycles. The van der Waals surface area contributed by atoms with Crippen molar-refractivity contribution < 1.29 is 8.78 Å². The SMILES string of the molecule is CCCCCC(C)Nc1c(F)ccc(C)c1F. The molecule has 0 saturated carbocycles. The first-order valence-corrected chi connectivity index (χ1v) is 6.27. The maximum absolute atomic E-state index is 13.7. The number of hydrogen-bond acceptors (Lipinski definition) is 1. The molecule has 0 saturated heterocycles. The second-order valence-electron chi connectivity index (χ2n) is 4.59. The fourth-order valence-corrected chi connectivity index (χ4v) is 1.81. The molecule has 0 aliphatic rings. The van der Waals surface area contributed by atoms with Crippen molar-refractivity contribution in [3.05, 3.63) is 29.3 Å². The monoisotopic (exact) mass is 241 g/mol. The zero-order valence-electron chi connectivity index (χ0n) is 10.8. The van der Waals surface area contributed by atoms with E-state index < -0.39 is 11.6 Å². The zero-order chi connectivity index (χ0) is 12.8. The van der Waals surface area contributed by atoms with Gasteiger partial charge in [0.15, 0.2) is 5.82 Å². The van der Waals surface area contributed by atoms with Crippen LogP contribution >= 0.6 is 0 Å². The largest absolute Gasteiger partial charge is 0.378 e. The van der Waals surface area contributed by atoms with Crippen LogP contribution in [-0.4, -0.2) is 6.04 Å². The Kier molecular flexibility index (Phi) is 5.39. The molecule has 17 heavy (non-hydrogen) atoms. The van der Waals surface area contributed by atoms with Crippen molar-refractivity contribution in [2.24, 2.45) is 0 Å². The molecular formula is C14H21F2N. The van der Waals surface area contributed by atoms with Crippen molar-refractivity contribution >= 4 is 5.69 Å². The normalized spacial score (nSPS) is 12.5. The van der Waals surface area contributed by atoms with Crippen molar-refractivity contribution in [2.75, 3.05) is 5.32 Å². The van der Waals surface area contributed by atoms with Crippen LogP contribution in [0.3, 0.4) is 0 Å². The van der Waals surface area contributed by atoms with Crippen LogP contribution < -0.4 is 5.32 Å². The number of nitrogens with one attached hydrogen (secondary N) is 1. The van der Waals surface area contributed by atoms with E-state index in [1.165, 1.54) is 12.1 Å². The molecule has 0 aliphatic carbocycles. The molecule has 0 spiro atoms. The third-order valence-electron chi connectivity index (χ3n) is 2.92. The van der Waals surface area contributed by atoms with E-state index in [-0.39, 0.29) is 11.7 Å². The number of rotatable bonds is 6. The van der Waals surface area contributed by atoms with E-state index in [0.29, 0.717) is 5.56 Å². The van der Waals surface area contributed by atoms with Crippen molar-refractivity contribution in [3.63, 3.8) is 0 Å². The van der Waals surface area contributed by atoms with Gasteiger partial charge in [-0.3, -0.25) is 0 Å². The average Bonchev–Trinajstić information content (AvgIpc) is 2.30. The van der Waals surface area contributed by atoms with Crippen molar-refractivity contribution in [2.45, 2.75) is 52.5 Å². The first-order valence-electron chi connectivity index (χ1n) is 6.27. The summed E-state index contributed by atoms with van der Waals surface area (Å²) in [5, 5.41) is 2.93.